The van der Waals surface area contributed by atoms with Crippen LogP contribution in [0.2, 0.25) is 5.02 Å². The highest BCUT2D eigenvalue weighted by atomic mass is 35.5. The van der Waals surface area contributed by atoms with Crippen LogP contribution < -0.4 is 10.1 Å². The number of oxazole rings is 1. The number of nitrogens with zero attached hydrogens (tertiary/aromatic N) is 1. The first-order valence-electron chi connectivity index (χ1n) is 9.36. The fourth-order valence-electron chi connectivity index (χ4n) is 3.30. The average molecular weight is 397 g/mol. The van der Waals surface area contributed by atoms with Gasteiger partial charge in [-0.2, -0.15) is 0 Å². The molecule has 28 heavy (non-hydrogen) atoms. The molecule has 1 aliphatic rings. The van der Waals surface area contributed by atoms with E-state index in [1.165, 1.54) is 5.56 Å². The van der Waals surface area contributed by atoms with E-state index < -0.39 is 0 Å². The Bertz CT molecular complexity index is 970. The van der Waals surface area contributed by atoms with Gasteiger partial charge in [-0.05, 0) is 30.2 Å². The Morgan fingerprint density at radius 1 is 1.18 bits per heavy atom. The zero-order valence-electron chi connectivity index (χ0n) is 15.4. The summed E-state index contributed by atoms with van der Waals surface area (Å²) in [5.41, 5.74) is 1.99. The van der Waals surface area contributed by atoms with Gasteiger partial charge in [-0.25, -0.2) is 4.98 Å². The SMILES string of the molecule is O=C(CCc1ncc(-c2ccccc2Cl)o1)NCC1COc2ccccc2C1. The first-order chi connectivity index (χ1) is 13.7. The van der Waals surface area contributed by atoms with E-state index in [9.17, 15) is 4.79 Å². The highest BCUT2D eigenvalue weighted by Gasteiger charge is 2.20. The molecule has 1 N–H and O–H groups in total. The Morgan fingerprint density at radius 2 is 2.00 bits per heavy atom. The molecule has 1 unspecified atom stereocenters. The van der Waals surface area contributed by atoms with E-state index in [-0.39, 0.29) is 11.8 Å². The van der Waals surface area contributed by atoms with Gasteiger partial charge in [0.1, 0.15) is 5.75 Å². The number of halogens is 1. The van der Waals surface area contributed by atoms with Gasteiger partial charge in [-0.1, -0.05) is 41.9 Å². The molecule has 1 atom stereocenters. The van der Waals surface area contributed by atoms with Crippen LogP contribution >= 0.6 is 11.6 Å². The van der Waals surface area contributed by atoms with Crippen LogP contribution in [0.3, 0.4) is 0 Å². The molecular weight excluding hydrogens is 376 g/mol. The molecule has 1 amide bonds. The summed E-state index contributed by atoms with van der Waals surface area (Å²) >= 11 is 6.18. The maximum Gasteiger partial charge on any atom is 0.220 e. The van der Waals surface area contributed by atoms with Crippen LogP contribution in [0.1, 0.15) is 17.9 Å². The molecule has 2 heterocycles. The summed E-state index contributed by atoms with van der Waals surface area (Å²) in [6.45, 7) is 1.22. The first kappa shape index (κ1) is 18.6. The number of rotatable bonds is 6. The molecule has 0 fully saturated rings. The molecule has 1 aliphatic heterocycles. The third-order valence-electron chi connectivity index (χ3n) is 4.80. The smallest absolute Gasteiger partial charge is 0.220 e. The molecule has 5 nitrogen and oxygen atoms in total. The molecule has 144 valence electrons. The van der Waals surface area contributed by atoms with E-state index in [0.29, 0.717) is 42.7 Å². The van der Waals surface area contributed by atoms with Crippen molar-refractivity contribution in [1.82, 2.24) is 10.3 Å². The number of aromatic nitrogens is 1. The van der Waals surface area contributed by atoms with Gasteiger partial charge in [0, 0.05) is 30.9 Å². The normalized spacial score (nSPS) is 15.5. The number of nitrogens with one attached hydrogen (secondary N) is 1. The van der Waals surface area contributed by atoms with E-state index >= 15 is 0 Å². The minimum Gasteiger partial charge on any atom is -0.493 e. The summed E-state index contributed by atoms with van der Waals surface area (Å²) in [6.07, 6.45) is 3.33. The van der Waals surface area contributed by atoms with Gasteiger partial charge in [0.05, 0.1) is 17.8 Å². The minimum atomic E-state index is -0.0173. The molecule has 0 spiro atoms. The Hall–Kier alpha value is -2.79. The van der Waals surface area contributed by atoms with Crippen molar-refractivity contribution in [2.45, 2.75) is 19.3 Å². The lowest BCUT2D eigenvalue weighted by molar-refractivity contribution is -0.121. The van der Waals surface area contributed by atoms with Crippen molar-refractivity contribution in [1.29, 1.82) is 0 Å². The average Bonchev–Trinajstić information content (AvgIpc) is 3.19. The van der Waals surface area contributed by atoms with Crippen LogP contribution in [0.4, 0.5) is 0 Å². The van der Waals surface area contributed by atoms with Crippen molar-refractivity contribution in [3.05, 3.63) is 71.2 Å². The lowest BCUT2D eigenvalue weighted by Crippen LogP contribution is -2.34. The maximum atomic E-state index is 12.2. The van der Waals surface area contributed by atoms with Crippen LogP contribution in [0.15, 0.2) is 59.1 Å². The number of para-hydroxylation sites is 1. The summed E-state index contributed by atoms with van der Waals surface area (Å²) in [7, 11) is 0. The van der Waals surface area contributed by atoms with Gasteiger partial charge >= 0.3 is 0 Å². The van der Waals surface area contributed by atoms with Crippen molar-refractivity contribution >= 4 is 17.5 Å². The van der Waals surface area contributed by atoms with Crippen LogP contribution in [0.25, 0.3) is 11.3 Å². The fraction of sp³-hybridized carbons (Fsp3) is 0.273. The second-order valence-electron chi connectivity index (χ2n) is 6.89. The Labute approximate surface area is 168 Å². The molecular formula is C22H21ClN2O3. The quantitative estimate of drug-likeness (QED) is 0.674. The topological polar surface area (TPSA) is 64.4 Å². The van der Waals surface area contributed by atoms with E-state index in [4.69, 9.17) is 20.8 Å². The standard InChI is InChI=1S/C22H21ClN2O3/c23-18-7-3-2-6-17(18)20-13-25-22(28-20)10-9-21(26)24-12-15-11-16-5-1-4-8-19(16)27-14-15/h1-8,13,15H,9-12,14H2,(H,24,26). The van der Waals surface area contributed by atoms with Crippen molar-refractivity contribution in [3.8, 4) is 17.1 Å². The zero-order valence-corrected chi connectivity index (χ0v) is 16.1. The van der Waals surface area contributed by atoms with E-state index in [0.717, 1.165) is 17.7 Å². The molecule has 1 aromatic heterocycles. The molecule has 6 heteroatoms. The highest BCUT2D eigenvalue weighted by Crippen LogP contribution is 2.28. The number of amides is 1. The second kappa shape index (κ2) is 8.48. The lowest BCUT2D eigenvalue weighted by atomic mass is 9.97. The molecule has 0 bridgehead atoms. The first-order valence-corrected chi connectivity index (χ1v) is 9.74. The van der Waals surface area contributed by atoms with Crippen LogP contribution in [0.5, 0.6) is 5.75 Å². The summed E-state index contributed by atoms with van der Waals surface area (Å²) in [5, 5.41) is 3.60. The molecule has 2 aromatic carbocycles. The summed E-state index contributed by atoms with van der Waals surface area (Å²) < 4.78 is 11.5. The van der Waals surface area contributed by atoms with E-state index in [2.05, 4.69) is 16.4 Å². The van der Waals surface area contributed by atoms with Crippen molar-refractivity contribution in [3.63, 3.8) is 0 Å². The lowest BCUT2D eigenvalue weighted by Gasteiger charge is -2.25. The van der Waals surface area contributed by atoms with Crippen LogP contribution in [-0.4, -0.2) is 24.0 Å². The fourth-order valence-corrected chi connectivity index (χ4v) is 3.53. The van der Waals surface area contributed by atoms with Gasteiger partial charge in [0.2, 0.25) is 5.91 Å². The van der Waals surface area contributed by atoms with Crippen molar-refractivity contribution < 1.29 is 13.9 Å². The number of hydrogen-bond acceptors (Lipinski definition) is 4. The van der Waals surface area contributed by atoms with Crippen molar-refractivity contribution in [2.24, 2.45) is 5.92 Å². The van der Waals surface area contributed by atoms with Gasteiger partial charge in [0.25, 0.3) is 0 Å². The largest absolute Gasteiger partial charge is 0.493 e. The number of carbonyl (C=O) groups is 1. The number of fused-ring (bicyclic) bond motifs is 1. The third kappa shape index (κ3) is 4.37. The summed E-state index contributed by atoms with van der Waals surface area (Å²) in [4.78, 5) is 16.4. The molecule has 3 aromatic rings. The van der Waals surface area contributed by atoms with E-state index in [1.54, 1.807) is 12.3 Å². The molecule has 0 saturated heterocycles. The predicted molar refractivity (Wildman–Crippen MR) is 107 cm³/mol. The zero-order chi connectivity index (χ0) is 19.3. The second-order valence-corrected chi connectivity index (χ2v) is 7.30. The Balaban J connectivity index is 1.25. The molecule has 0 radical (unpaired) electrons. The maximum absolute atomic E-state index is 12.2. The number of carbonyl (C=O) groups excluding carboxylic acids is 1. The third-order valence-corrected chi connectivity index (χ3v) is 5.13. The number of aryl methyl sites for hydroxylation is 1. The van der Waals surface area contributed by atoms with Gasteiger partial charge in [0.15, 0.2) is 11.7 Å². The van der Waals surface area contributed by atoms with E-state index in [1.807, 2.05) is 36.4 Å². The molecule has 0 aliphatic carbocycles. The van der Waals surface area contributed by atoms with Crippen LogP contribution in [-0.2, 0) is 17.6 Å². The summed E-state index contributed by atoms with van der Waals surface area (Å²) in [6, 6.07) is 15.5. The minimum absolute atomic E-state index is 0.0173. The number of hydrogen-bond donors (Lipinski definition) is 1. The number of ether oxygens (including phenoxy) is 1. The molecule has 0 saturated carbocycles. The van der Waals surface area contributed by atoms with Gasteiger partial charge in [-0.3, -0.25) is 4.79 Å². The van der Waals surface area contributed by atoms with Crippen molar-refractivity contribution in [2.75, 3.05) is 13.2 Å². The number of benzene rings is 2. The summed E-state index contributed by atoms with van der Waals surface area (Å²) in [5.74, 6) is 2.35. The predicted octanol–water partition coefficient (Wildman–Crippen LogP) is 4.30. The van der Waals surface area contributed by atoms with Gasteiger partial charge < -0.3 is 14.5 Å². The Morgan fingerprint density at radius 3 is 2.89 bits per heavy atom. The Kier molecular flexibility index (Phi) is 5.63. The monoisotopic (exact) mass is 396 g/mol. The van der Waals surface area contributed by atoms with Crippen LogP contribution in [0, 0.1) is 5.92 Å². The van der Waals surface area contributed by atoms with Gasteiger partial charge in [-0.15, -0.1) is 0 Å². The highest BCUT2D eigenvalue weighted by molar-refractivity contribution is 6.33. The molecule has 4 rings (SSSR count).